The molecular formula is C6H11NO5. The van der Waals surface area contributed by atoms with Crippen LogP contribution < -0.4 is 5.32 Å². The Morgan fingerprint density at radius 1 is 1.25 bits per heavy atom. The van der Waals surface area contributed by atoms with Gasteiger partial charge >= 0.3 is 0 Å². The minimum Gasteiger partial charge on any atom is -0.394 e. The van der Waals surface area contributed by atoms with E-state index in [-0.39, 0.29) is 0 Å². The van der Waals surface area contributed by atoms with Gasteiger partial charge in [-0.05, 0) is 0 Å². The van der Waals surface area contributed by atoms with E-state index in [1.165, 1.54) is 0 Å². The third-order valence-corrected chi connectivity index (χ3v) is 1.88. The van der Waals surface area contributed by atoms with Crippen LogP contribution in [0.4, 0.5) is 0 Å². The van der Waals surface area contributed by atoms with E-state index in [2.05, 4.69) is 5.32 Å². The van der Waals surface area contributed by atoms with Gasteiger partial charge in [0.05, 0.1) is 12.6 Å². The standard InChI is InChI=1S/C6H11NO5/c8-1-2-3(9)4(10)5(11)6(12)7-2/h2-5,8-11H,1H2,(H,7,12)/t2-,3+,4-,5+/m1/s1. The fraction of sp³-hybridized carbons (Fsp3) is 0.833. The molecule has 0 aromatic heterocycles. The van der Waals surface area contributed by atoms with Crippen molar-refractivity contribution in [1.82, 2.24) is 5.32 Å². The summed E-state index contributed by atoms with van der Waals surface area (Å²) in [6.07, 6.45) is -4.48. The van der Waals surface area contributed by atoms with Crippen LogP contribution >= 0.6 is 0 Å². The third-order valence-electron chi connectivity index (χ3n) is 1.88. The highest BCUT2D eigenvalue weighted by molar-refractivity contribution is 5.82. The molecule has 0 spiro atoms. The fourth-order valence-corrected chi connectivity index (χ4v) is 1.09. The van der Waals surface area contributed by atoms with E-state index in [0.29, 0.717) is 0 Å². The summed E-state index contributed by atoms with van der Waals surface area (Å²) in [6.45, 7) is -0.476. The lowest BCUT2D eigenvalue weighted by molar-refractivity contribution is -0.155. The maximum absolute atomic E-state index is 10.8. The molecule has 1 aliphatic rings. The number of carbonyl (C=O) groups excluding carboxylic acids is 1. The van der Waals surface area contributed by atoms with Crippen molar-refractivity contribution in [3.8, 4) is 0 Å². The van der Waals surface area contributed by atoms with Gasteiger partial charge in [-0.3, -0.25) is 4.79 Å². The predicted octanol–water partition coefficient (Wildman–Crippen LogP) is -3.44. The van der Waals surface area contributed by atoms with E-state index in [1.54, 1.807) is 0 Å². The molecule has 70 valence electrons. The monoisotopic (exact) mass is 177 g/mol. The van der Waals surface area contributed by atoms with Gasteiger partial charge in [-0.2, -0.15) is 0 Å². The van der Waals surface area contributed by atoms with E-state index in [4.69, 9.17) is 20.4 Å². The molecular weight excluding hydrogens is 166 g/mol. The summed E-state index contributed by atoms with van der Waals surface area (Å²) in [7, 11) is 0. The van der Waals surface area contributed by atoms with Crippen molar-refractivity contribution in [2.75, 3.05) is 6.61 Å². The highest BCUT2D eigenvalue weighted by Crippen LogP contribution is 2.10. The molecule has 1 amide bonds. The number of amides is 1. The minimum atomic E-state index is -1.62. The maximum atomic E-state index is 10.8. The maximum Gasteiger partial charge on any atom is 0.252 e. The van der Waals surface area contributed by atoms with Gasteiger partial charge in [0.25, 0.3) is 5.91 Å². The number of hydrogen-bond donors (Lipinski definition) is 5. The van der Waals surface area contributed by atoms with Crippen molar-refractivity contribution in [2.24, 2.45) is 0 Å². The normalized spacial score (nSPS) is 42.5. The number of carbonyl (C=O) groups is 1. The van der Waals surface area contributed by atoms with Crippen LogP contribution in [0.3, 0.4) is 0 Å². The molecule has 1 saturated heterocycles. The highest BCUT2D eigenvalue weighted by Gasteiger charge is 2.40. The Kier molecular flexibility index (Phi) is 2.63. The Balaban J connectivity index is 2.70. The van der Waals surface area contributed by atoms with Crippen LogP contribution in [0.2, 0.25) is 0 Å². The second-order valence-corrected chi connectivity index (χ2v) is 2.72. The number of rotatable bonds is 1. The Morgan fingerprint density at radius 3 is 2.33 bits per heavy atom. The van der Waals surface area contributed by atoms with Gasteiger partial charge in [0.15, 0.2) is 6.10 Å². The van der Waals surface area contributed by atoms with Gasteiger partial charge < -0.3 is 25.7 Å². The Labute approximate surface area is 68.4 Å². The molecule has 1 rings (SSSR count). The summed E-state index contributed by atoms with van der Waals surface area (Å²) >= 11 is 0. The van der Waals surface area contributed by atoms with E-state index in [9.17, 15) is 4.79 Å². The lowest BCUT2D eigenvalue weighted by atomic mass is 9.96. The molecule has 4 atom stereocenters. The molecule has 5 N–H and O–H groups in total. The summed E-state index contributed by atoms with van der Waals surface area (Å²) in [5, 5.41) is 37.9. The molecule has 0 saturated carbocycles. The molecule has 6 nitrogen and oxygen atoms in total. The lowest BCUT2D eigenvalue weighted by Crippen LogP contribution is -2.63. The first-order valence-electron chi connectivity index (χ1n) is 3.53. The number of aliphatic hydroxyl groups excluding tert-OH is 4. The summed E-state index contributed by atoms with van der Waals surface area (Å²) in [5.41, 5.74) is 0. The van der Waals surface area contributed by atoms with Crippen LogP contribution in [0, 0.1) is 0 Å². The number of aliphatic hydroxyl groups is 4. The SMILES string of the molecule is O=C1N[C@H](CO)[C@H](O)[C@@H](O)[C@@H]1O. The number of nitrogens with one attached hydrogen (secondary N) is 1. The van der Waals surface area contributed by atoms with Crippen LogP contribution in [0.25, 0.3) is 0 Å². The van der Waals surface area contributed by atoms with Crippen LogP contribution in [0.5, 0.6) is 0 Å². The van der Waals surface area contributed by atoms with Crippen molar-refractivity contribution in [2.45, 2.75) is 24.4 Å². The molecule has 0 radical (unpaired) electrons. The first kappa shape index (κ1) is 9.40. The second-order valence-electron chi connectivity index (χ2n) is 2.72. The Hall–Kier alpha value is -0.690. The molecule has 6 heteroatoms. The van der Waals surface area contributed by atoms with Gasteiger partial charge in [-0.25, -0.2) is 0 Å². The first-order chi connectivity index (χ1) is 5.57. The molecule has 1 heterocycles. The quantitative estimate of drug-likeness (QED) is 0.286. The van der Waals surface area contributed by atoms with Crippen molar-refractivity contribution in [1.29, 1.82) is 0 Å². The van der Waals surface area contributed by atoms with E-state index in [1.807, 2.05) is 0 Å². The van der Waals surface area contributed by atoms with Gasteiger partial charge in [-0.15, -0.1) is 0 Å². The summed E-state index contributed by atoms with van der Waals surface area (Å²) in [5.74, 6) is -0.785. The second kappa shape index (κ2) is 3.36. The van der Waals surface area contributed by atoms with Crippen LogP contribution in [-0.4, -0.2) is 57.3 Å². The Bertz CT molecular complexity index is 183. The third kappa shape index (κ3) is 1.42. The van der Waals surface area contributed by atoms with Crippen molar-refractivity contribution in [3.63, 3.8) is 0 Å². The average molecular weight is 177 g/mol. The van der Waals surface area contributed by atoms with Crippen molar-refractivity contribution >= 4 is 5.91 Å². The first-order valence-corrected chi connectivity index (χ1v) is 3.53. The smallest absolute Gasteiger partial charge is 0.252 e. The van der Waals surface area contributed by atoms with Crippen molar-refractivity contribution < 1.29 is 25.2 Å². The largest absolute Gasteiger partial charge is 0.394 e. The van der Waals surface area contributed by atoms with E-state index < -0.39 is 36.9 Å². The molecule has 0 bridgehead atoms. The van der Waals surface area contributed by atoms with E-state index >= 15 is 0 Å². The average Bonchev–Trinajstić information content (AvgIpc) is 2.08. The predicted molar refractivity (Wildman–Crippen MR) is 37.0 cm³/mol. The Morgan fingerprint density at radius 2 is 1.83 bits per heavy atom. The molecule has 1 fully saturated rings. The van der Waals surface area contributed by atoms with Crippen LogP contribution in [-0.2, 0) is 4.79 Å². The molecule has 0 unspecified atom stereocenters. The topological polar surface area (TPSA) is 110 Å². The number of piperidine rings is 1. The molecule has 12 heavy (non-hydrogen) atoms. The van der Waals surface area contributed by atoms with Gasteiger partial charge in [0, 0.05) is 0 Å². The summed E-state index contributed by atoms with van der Waals surface area (Å²) < 4.78 is 0. The molecule has 1 aliphatic heterocycles. The zero-order valence-corrected chi connectivity index (χ0v) is 6.21. The summed E-state index contributed by atoms with van der Waals surface area (Å²) in [4.78, 5) is 10.8. The van der Waals surface area contributed by atoms with Gasteiger partial charge in [-0.1, -0.05) is 0 Å². The van der Waals surface area contributed by atoms with Crippen LogP contribution in [0.1, 0.15) is 0 Å². The summed E-state index contributed by atoms with van der Waals surface area (Å²) in [6, 6.07) is -0.907. The minimum absolute atomic E-state index is 0.476. The molecule has 0 aliphatic carbocycles. The fourth-order valence-electron chi connectivity index (χ4n) is 1.09. The lowest BCUT2D eigenvalue weighted by Gasteiger charge is -2.34. The molecule has 0 aromatic carbocycles. The zero-order chi connectivity index (χ0) is 9.30. The highest BCUT2D eigenvalue weighted by atomic mass is 16.4. The van der Waals surface area contributed by atoms with Gasteiger partial charge in [0.2, 0.25) is 0 Å². The van der Waals surface area contributed by atoms with E-state index in [0.717, 1.165) is 0 Å². The van der Waals surface area contributed by atoms with Crippen molar-refractivity contribution in [3.05, 3.63) is 0 Å². The van der Waals surface area contributed by atoms with Crippen LogP contribution in [0.15, 0.2) is 0 Å². The number of hydrogen-bond acceptors (Lipinski definition) is 5. The van der Waals surface area contributed by atoms with Gasteiger partial charge in [0.1, 0.15) is 12.2 Å². The molecule has 0 aromatic rings. The zero-order valence-electron chi connectivity index (χ0n) is 6.21.